The average molecular weight is 729 g/mol. The van der Waals surface area contributed by atoms with E-state index < -0.39 is 123 Å². The number of phenols is 4. The van der Waals surface area contributed by atoms with Crippen molar-refractivity contribution in [2.24, 2.45) is 0 Å². The van der Waals surface area contributed by atoms with Crippen molar-refractivity contribution in [3.63, 3.8) is 0 Å². The van der Waals surface area contributed by atoms with E-state index in [-0.39, 0.29) is 28.4 Å². The summed E-state index contributed by atoms with van der Waals surface area (Å²) in [6, 6.07) is 5.91. The average Bonchev–Trinajstić information content (AvgIpc) is 3.09. The fourth-order valence-electron chi connectivity index (χ4n) is 6.09. The second-order valence-electron chi connectivity index (χ2n) is 12.7. The number of aliphatic hydroxyl groups is 8. The van der Waals surface area contributed by atoms with Crippen molar-refractivity contribution < 1.29 is 94.4 Å². The van der Waals surface area contributed by atoms with Crippen LogP contribution >= 0.6 is 0 Å². The normalized spacial score (nSPS) is 39.8. The van der Waals surface area contributed by atoms with Gasteiger partial charge in [-0.1, -0.05) is 6.07 Å². The van der Waals surface area contributed by atoms with Crippen LogP contribution < -0.4 is 4.74 Å². The highest BCUT2D eigenvalue weighted by molar-refractivity contribution is 5.69. The number of aromatic hydroxyl groups is 4. The molecule has 12 N–H and O–H groups in total. The van der Waals surface area contributed by atoms with E-state index in [0.29, 0.717) is 0 Å². The van der Waals surface area contributed by atoms with Crippen LogP contribution in [0.3, 0.4) is 0 Å². The predicted molar refractivity (Wildman–Crippen MR) is 164 cm³/mol. The topological polar surface area (TPSA) is 307 Å². The van der Waals surface area contributed by atoms with Gasteiger partial charge in [-0.15, -0.1) is 0 Å². The Bertz CT molecular complexity index is 1570. The first-order chi connectivity index (χ1) is 24.1. The van der Waals surface area contributed by atoms with E-state index in [4.69, 9.17) is 33.2 Å². The van der Waals surface area contributed by atoms with Gasteiger partial charge in [-0.25, -0.2) is 0 Å². The second kappa shape index (κ2) is 14.8. The smallest absolute Gasteiger partial charge is 0.229 e. The van der Waals surface area contributed by atoms with Crippen LogP contribution in [0.15, 0.2) is 36.1 Å². The van der Waals surface area contributed by atoms with Gasteiger partial charge in [0.15, 0.2) is 36.3 Å². The Balaban J connectivity index is 1.33. The highest BCUT2D eigenvalue weighted by Gasteiger charge is 2.52. The van der Waals surface area contributed by atoms with Crippen molar-refractivity contribution in [2.45, 2.75) is 99.0 Å². The first-order valence-corrected chi connectivity index (χ1v) is 15.9. The van der Waals surface area contributed by atoms with Crippen molar-refractivity contribution in [1.29, 1.82) is 0 Å². The monoisotopic (exact) mass is 728 g/mol. The SMILES string of the molecule is C[C@@H]1O[C@@H](OC[C@H]2O[C@H](OC3=Cc4c(O)cc(O)cc4OC3c3ccc(O)c(O)c3)[C@@H](O[C@@H]3OC[C@H](O)[C@H](O)[C@@H]3O)[C@@H](O)[C@@H]2O)[C@@H](O)[C@@H](O)[C@H]1O. The Kier molecular flexibility index (Phi) is 10.8. The van der Waals surface area contributed by atoms with E-state index >= 15 is 0 Å². The van der Waals surface area contributed by atoms with Crippen LogP contribution in [0.4, 0.5) is 0 Å². The lowest BCUT2D eigenvalue weighted by Crippen LogP contribution is -2.63. The molecule has 0 aromatic heterocycles. The number of ether oxygens (including phenoxy) is 7. The minimum Gasteiger partial charge on any atom is -0.508 e. The molecule has 4 aliphatic rings. The molecular formula is C32H40O19. The number of rotatable bonds is 8. The molecule has 0 bridgehead atoms. The number of aliphatic hydroxyl groups excluding tert-OH is 8. The molecule has 51 heavy (non-hydrogen) atoms. The van der Waals surface area contributed by atoms with Crippen molar-refractivity contribution in [3.8, 4) is 28.7 Å². The Morgan fingerprint density at radius 1 is 0.706 bits per heavy atom. The molecule has 2 aromatic carbocycles. The zero-order valence-corrected chi connectivity index (χ0v) is 26.8. The molecule has 3 saturated heterocycles. The molecule has 4 heterocycles. The Labute approximate surface area is 288 Å². The van der Waals surface area contributed by atoms with E-state index in [9.17, 15) is 61.3 Å². The van der Waals surface area contributed by atoms with Crippen LogP contribution in [0, 0.1) is 0 Å². The van der Waals surface area contributed by atoms with Gasteiger partial charge in [0.25, 0.3) is 0 Å². The first-order valence-electron chi connectivity index (χ1n) is 15.9. The summed E-state index contributed by atoms with van der Waals surface area (Å²) < 4.78 is 40.4. The molecule has 19 heteroatoms. The van der Waals surface area contributed by atoms with Crippen LogP contribution in [0.25, 0.3) is 6.08 Å². The molecule has 2 aromatic rings. The third-order valence-corrected chi connectivity index (χ3v) is 9.07. The van der Waals surface area contributed by atoms with Gasteiger partial charge in [-0.2, -0.15) is 0 Å². The van der Waals surface area contributed by atoms with Crippen LogP contribution in [0.1, 0.15) is 24.2 Å². The number of hydrogen-bond donors (Lipinski definition) is 12. The zero-order chi connectivity index (χ0) is 36.9. The quantitative estimate of drug-likeness (QED) is 0.121. The van der Waals surface area contributed by atoms with Gasteiger partial charge in [-0.3, -0.25) is 0 Å². The molecule has 6 rings (SSSR count). The Morgan fingerprint density at radius 3 is 2.16 bits per heavy atom. The Morgan fingerprint density at radius 2 is 1.43 bits per heavy atom. The molecule has 19 nitrogen and oxygen atoms in total. The molecule has 0 aliphatic carbocycles. The molecule has 4 aliphatic heterocycles. The van der Waals surface area contributed by atoms with E-state index in [2.05, 4.69) is 0 Å². The van der Waals surface area contributed by atoms with E-state index in [1.165, 1.54) is 25.1 Å². The summed E-state index contributed by atoms with van der Waals surface area (Å²) >= 11 is 0. The maximum Gasteiger partial charge on any atom is 0.229 e. The summed E-state index contributed by atoms with van der Waals surface area (Å²) in [7, 11) is 0. The minimum atomic E-state index is -1.92. The van der Waals surface area contributed by atoms with Gasteiger partial charge < -0.3 is 94.4 Å². The second-order valence-corrected chi connectivity index (χ2v) is 12.7. The molecule has 0 radical (unpaired) electrons. The summed E-state index contributed by atoms with van der Waals surface area (Å²) in [5.74, 6) is -1.96. The van der Waals surface area contributed by atoms with Crippen molar-refractivity contribution in [2.75, 3.05) is 13.2 Å². The molecule has 0 spiro atoms. The minimum absolute atomic E-state index is 0.0182. The lowest BCUT2D eigenvalue weighted by Gasteiger charge is -2.46. The maximum atomic E-state index is 11.4. The van der Waals surface area contributed by atoms with Crippen LogP contribution in [-0.2, 0) is 28.4 Å². The largest absolute Gasteiger partial charge is 0.508 e. The fraction of sp³-hybridized carbons (Fsp3) is 0.562. The summed E-state index contributed by atoms with van der Waals surface area (Å²) in [5.41, 5.74) is 0.206. The van der Waals surface area contributed by atoms with Crippen LogP contribution in [0.5, 0.6) is 28.7 Å². The summed E-state index contributed by atoms with van der Waals surface area (Å²) in [6.45, 7) is 0.341. The third-order valence-electron chi connectivity index (χ3n) is 9.07. The van der Waals surface area contributed by atoms with Crippen LogP contribution in [-0.4, -0.2) is 161 Å². The summed E-state index contributed by atoms with van der Waals surface area (Å²) in [5, 5.41) is 125. The highest BCUT2D eigenvalue weighted by Crippen LogP contribution is 2.45. The van der Waals surface area contributed by atoms with Crippen LogP contribution in [0.2, 0.25) is 0 Å². The van der Waals surface area contributed by atoms with Gasteiger partial charge in [-0.05, 0) is 25.1 Å². The zero-order valence-electron chi connectivity index (χ0n) is 26.8. The lowest BCUT2D eigenvalue weighted by molar-refractivity contribution is -0.359. The summed E-state index contributed by atoms with van der Waals surface area (Å²) in [4.78, 5) is 0. The third kappa shape index (κ3) is 7.39. The van der Waals surface area contributed by atoms with Gasteiger partial charge in [0.2, 0.25) is 6.29 Å². The van der Waals surface area contributed by atoms with Crippen molar-refractivity contribution in [1.82, 2.24) is 0 Å². The highest BCUT2D eigenvalue weighted by atomic mass is 16.8. The van der Waals surface area contributed by atoms with Gasteiger partial charge in [0.1, 0.15) is 77.9 Å². The Hall–Kier alpha value is -3.54. The fourth-order valence-corrected chi connectivity index (χ4v) is 6.09. The maximum absolute atomic E-state index is 11.4. The van der Waals surface area contributed by atoms with E-state index in [1.807, 2.05) is 0 Å². The van der Waals surface area contributed by atoms with Gasteiger partial charge >= 0.3 is 0 Å². The molecule has 15 atom stereocenters. The molecule has 3 fully saturated rings. The van der Waals surface area contributed by atoms with E-state index in [0.717, 1.165) is 18.2 Å². The van der Waals surface area contributed by atoms with Gasteiger partial charge in [0, 0.05) is 17.7 Å². The predicted octanol–water partition coefficient (Wildman–Crippen LogP) is -2.88. The first kappa shape index (κ1) is 37.2. The molecule has 0 amide bonds. The number of phenolic OH excluding ortho intramolecular Hbond substituents is 4. The number of fused-ring (bicyclic) bond motifs is 1. The van der Waals surface area contributed by atoms with Crippen molar-refractivity contribution in [3.05, 3.63) is 47.2 Å². The van der Waals surface area contributed by atoms with E-state index in [1.54, 1.807) is 0 Å². The molecule has 0 saturated carbocycles. The van der Waals surface area contributed by atoms with Crippen molar-refractivity contribution >= 4 is 6.08 Å². The number of hydrogen-bond acceptors (Lipinski definition) is 19. The lowest BCUT2D eigenvalue weighted by atomic mass is 9.97. The summed E-state index contributed by atoms with van der Waals surface area (Å²) in [6.07, 6.45) is -22.7. The standard InChI is InChI=1S/C32H40O19/c1-10-21(38)24(41)27(44)30(47-10)46-9-20-23(40)25(42)29(51-31-26(43)22(39)17(37)8-45-31)32(50-20)49-19-7-13-15(35)5-12(33)6-18(13)48-28(19)11-2-3-14(34)16(36)4-11/h2-7,10,17,20-44H,8-9H2,1H3/t10-,17-,20+,21-,22-,23+,24-,25-,26-,27-,28?,29-,30+,31-,32-/m0/s1. The van der Waals surface area contributed by atoms with Gasteiger partial charge in [0.05, 0.1) is 24.9 Å². The molecular weight excluding hydrogens is 688 g/mol. The number of benzene rings is 2. The molecule has 1 unspecified atom stereocenters. The molecule has 282 valence electrons.